The molecule has 0 bridgehead atoms. The third-order valence-electron chi connectivity index (χ3n) is 10.0. The molecule has 1 aliphatic heterocycles. The largest absolute Gasteiger partial charge is 0.356 e. The quantitative estimate of drug-likeness (QED) is 0.451. The second kappa shape index (κ2) is 12.9. The zero-order valence-electron chi connectivity index (χ0n) is 21.9. The molecule has 1 heterocycles. The van der Waals surface area contributed by atoms with Crippen molar-refractivity contribution < 1.29 is 4.79 Å². The number of nitrogens with one attached hydrogen (secondary N) is 1. The average molecular weight is 441 g/mol. The van der Waals surface area contributed by atoms with Crippen LogP contribution in [0.4, 0.5) is 0 Å². The van der Waals surface area contributed by atoms with Crippen LogP contribution in [0.25, 0.3) is 0 Å². The van der Waals surface area contributed by atoms with Gasteiger partial charge in [-0.05, 0) is 31.1 Å². The summed E-state index contributed by atoms with van der Waals surface area (Å²) < 4.78 is 0. The van der Waals surface area contributed by atoms with Gasteiger partial charge in [0, 0.05) is 13.0 Å². The molecule has 0 aromatic heterocycles. The maximum absolute atomic E-state index is 12.1. The van der Waals surface area contributed by atoms with Gasteiger partial charge in [0.1, 0.15) is 0 Å². The van der Waals surface area contributed by atoms with E-state index in [1.165, 1.54) is 136 Å². The standard InChI is InChI=1S/C28H53B2NO/c1-26(18-14-10-6-4-3-5-7-11-15-19-26)28(21-22-28)30-29-27(2)20-16-12-8-9-13-17-25(32)31-24-23-27/h29-30H,3-24H2,1-2H3,(H,31,32). The second-order valence-corrected chi connectivity index (χ2v) is 12.7. The van der Waals surface area contributed by atoms with E-state index in [1.54, 1.807) is 0 Å². The number of carbonyl (C=O) groups excluding carboxylic acids is 1. The number of carbonyl (C=O) groups is 1. The maximum atomic E-state index is 12.1. The van der Waals surface area contributed by atoms with Gasteiger partial charge >= 0.3 is 0 Å². The molecular weight excluding hydrogens is 388 g/mol. The third-order valence-corrected chi connectivity index (χ3v) is 10.0. The fraction of sp³-hybridized carbons (Fsp3) is 0.964. The smallest absolute Gasteiger partial charge is 0.219 e. The average Bonchev–Trinajstić information content (AvgIpc) is 3.55. The zero-order valence-corrected chi connectivity index (χ0v) is 21.9. The van der Waals surface area contributed by atoms with E-state index in [9.17, 15) is 4.79 Å². The van der Waals surface area contributed by atoms with Crippen molar-refractivity contribution in [2.75, 3.05) is 6.54 Å². The van der Waals surface area contributed by atoms with Gasteiger partial charge in [-0.15, -0.1) is 0 Å². The SMILES string of the molecule is CC1(BBC2(C3(C)CCCCCCCCCCC3)CC2)CCCCCCCC(=O)NCC1. The molecule has 4 heteroatoms. The number of rotatable bonds is 4. The van der Waals surface area contributed by atoms with Crippen molar-refractivity contribution in [3.05, 3.63) is 0 Å². The van der Waals surface area contributed by atoms with E-state index in [1.807, 2.05) is 0 Å². The van der Waals surface area contributed by atoms with Gasteiger partial charge in [0.15, 0.2) is 0 Å². The molecule has 182 valence electrons. The summed E-state index contributed by atoms with van der Waals surface area (Å²) in [5.41, 5.74) is 0.572. The van der Waals surface area contributed by atoms with Gasteiger partial charge in [-0.3, -0.25) is 4.79 Å². The van der Waals surface area contributed by atoms with Crippen LogP contribution in [0.3, 0.4) is 0 Å². The van der Waals surface area contributed by atoms with Crippen LogP contribution in [-0.4, -0.2) is 26.8 Å². The Morgan fingerprint density at radius 2 is 1.09 bits per heavy atom. The first kappa shape index (κ1) is 26.2. The summed E-state index contributed by atoms with van der Waals surface area (Å²) in [6, 6.07) is 0. The Bertz CT molecular complexity index is 550. The Morgan fingerprint density at radius 1 is 0.594 bits per heavy atom. The Kier molecular flexibility index (Phi) is 10.6. The Hall–Kier alpha value is -0.400. The Labute approximate surface area is 201 Å². The topological polar surface area (TPSA) is 29.1 Å². The number of hydrogen-bond donors (Lipinski definition) is 1. The molecule has 2 nitrogen and oxygen atoms in total. The first-order chi connectivity index (χ1) is 15.5. The Balaban J connectivity index is 1.59. The minimum Gasteiger partial charge on any atom is -0.356 e. The molecule has 32 heavy (non-hydrogen) atoms. The summed E-state index contributed by atoms with van der Waals surface area (Å²) in [4.78, 5) is 12.1. The van der Waals surface area contributed by atoms with Gasteiger partial charge in [0.25, 0.3) is 0 Å². The molecule has 2 aliphatic carbocycles. The van der Waals surface area contributed by atoms with Gasteiger partial charge < -0.3 is 5.32 Å². The molecule has 3 aliphatic rings. The normalized spacial score (nSPS) is 30.9. The molecule has 1 atom stereocenters. The molecule has 2 saturated carbocycles. The lowest BCUT2D eigenvalue weighted by atomic mass is 9.20. The van der Waals surface area contributed by atoms with Crippen molar-refractivity contribution in [3.63, 3.8) is 0 Å². The summed E-state index contributed by atoms with van der Waals surface area (Å²) in [6.45, 7) is 6.12. The molecule has 1 saturated heterocycles. The van der Waals surface area contributed by atoms with Crippen molar-refractivity contribution in [3.8, 4) is 0 Å². The number of hydrogen-bond acceptors (Lipinski definition) is 1. The molecule has 1 N–H and O–H groups in total. The molecular formula is C28H53B2NO. The van der Waals surface area contributed by atoms with Gasteiger partial charge in [0.05, 0.1) is 14.3 Å². The van der Waals surface area contributed by atoms with Crippen LogP contribution in [0.15, 0.2) is 0 Å². The second-order valence-electron chi connectivity index (χ2n) is 12.7. The molecule has 0 aromatic rings. The molecule has 0 aromatic carbocycles. The highest BCUT2D eigenvalue weighted by Gasteiger charge is 2.55. The first-order valence-electron chi connectivity index (χ1n) is 14.7. The highest BCUT2D eigenvalue weighted by Crippen LogP contribution is 2.68. The first-order valence-corrected chi connectivity index (χ1v) is 14.7. The van der Waals surface area contributed by atoms with Crippen molar-refractivity contribution in [2.24, 2.45) is 5.41 Å². The minimum absolute atomic E-state index is 0.285. The lowest BCUT2D eigenvalue weighted by Crippen LogP contribution is -2.36. The van der Waals surface area contributed by atoms with E-state index in [-0.39, 0.29) is 5.91 Å². The van der Waals surface area contributed by atoms with E-state index in [2.05, 4.69) is 19.2 Å². The lowest BCUT2D eigenvalue weighted by molar-refractivity contribution is -0.121. The number of amides is 1. The predicted octanol–water partition coefficient (Wildman–Crippen LogP) is 7.47. The van der Waals surface area contributed by atoms with Crippen molar-refractivity contribution in [2.45, 2.75) is 159 Å². The monoisotopic (exact) mass is 441 g/mol. The van der Waals surface area contributed by atoms with Crippen LogP contribution in [0.2, 0.25) is 10.6 Å². The van der Waals surface area contributed by atoms with Gasteiger partial charge in [-0.25, -0.2) is 0 Å². The Morgan fingerprint density at radius 3 is 1.66 bits per heavy atom. The van der Waals surface area contributed by atoms with Crippen LogP contribution in [0.5, 0.6) is 0 Å². The highest BCUT2D eigenvalue weighted by molar-refractivity contribution is 7.03. The predicted molar refractivity (Wildman–Crippen MR) is 143 cm³/mol. The van der Waals surface area contributed by atoms with Crippen LogP contribution in [0, 0.1) is 5.41 Å². The fourth-order valence-corrected chi connectivity index (χ4v) is 7.11. The summed E-state index contributed by atoms with van der Waals surface area (Å²) in [5.74, 6) is 0.285. The van der Waals surface area contributed by atoms with Gasteiger partial charge in [0.2, 0.25) is 5.91 Å². The van der Waals surface area contributed by atoms with E-state index in [4.69, 9.17) is 0 Å². The highest BCUT2D eigenvalue weighted by atomic mass is 16.1. The van der Waals surface area contributed by atoms with E-state index < -0.39 is 0 Å². The van der Waals surface area contributed by atoms with Gasteiger partial charge in [-0.1, -0.05) is 127 Å². The summed E-state index contributed by atoms with van der Waals surface area (Å²) >= 11 is 0. The molecule has 1 amide bonds. The third kappa shape index (κ3) is 8.12. The maximum Gasteiger partial charge on any atom is 0.219 e. The molecule has 1 unspecified atom stereocenters. The van der Waals surface area contributed by atoms with E-state index in [0.29, 0.717) is 16.0 Å². The van der Waals surface area contributed by atoms with Crippen LogP contribution >= 0.6 is 0 Å². The molecule has 0 spiro atoms. The van der Waals surface area contributed by atoms with Crippen molar-refractivity contribution in [1.82, 2.24) is 5.32 Å². The summed E-state index contributed by atoms with van der Waals surface area (Å²) in [5, 5.41) is 4.28. The minimum atomic E-state index is 0.285. The fourth-order valence-electron chi connectivity index (χ4n) is 7.11. The van der Waals surface area contributed by atoms with Crippen molar-refractivity contribution in [1.29, 1.82) is 0 Å². The zero-order chi connectivity index (χ0) is 22.8. The molecule has 0 radical (unpaired) electrons. The molecule has 3 rings (SSSR count). The summed E-state index contributed by atoms with van der Waals surface area (Å²) in [6.07, 6.45) is 28.7. The summed E-state index contributed by atoms with van der Waals surface area (Å²) in [7, 11) is 2.81. The van der Waals surface area contributed by atoms with E-state index in [0.717, 1.165) is 19.4 Å². The van der Waals surface area contributed by atoms with Gasteiger partial charge in [-0.2, -0.15) is 0 Å². The van der Waals surface area contributed by atoms with Crippen LogP contribution in [0.1, 0.15) is 149 Å². The van der Waals surface area contributed by atoms with Crippen LogP contribution < -0.4 is 5.32 Å². The van der Waals surface area contributed by atoms with E-state index >= 15 is 0 Å². The lowest BCUT2D eigenvalue weighted by Gasteiger charge is -2.41. The van der Waals surface area contributed by atoms with Crippen molar-refractivity contribution >= 4 is 20.2 Å². The molecule has 3 fully saturated rings. The van der Waals surface area contributed by atoms with Crippen LogP contribution in [-0.2, 0) is 4.79 Å².